The van der Waals surface area contributed by atoms with Crippen molar-refractivity contribution in [2.75, 3.05) is 7.05 Å². The third kappa shape index (κ3) is 6.04. The molecule has 2 N–H and O–H groups in total. The summed E-state index contributed by atoms with van der Waals surface area (Å²) in [6.07, 6.45) is 0. The van der Waals surface area contributed by atoms with Crippen molar-refractivity contribution >= 4 is 35.6 Å². The molecule has 1 aromatic heterocycles. The second-order valence-corrected chi connectivity index (χ2v) is 6.30. The summed E-state index contributed by atoms with van der Waals surface area (Å²) in [6.45, 7) is 2.11. The number of halogens is 2. The SMILES string of the molecule is CC(C(=O)O)N(C)Cc1nnc(C(=O)NCc2ccc(F)cc2)s1.Cl. The van der Waals surface area contributed by atoms with Gasteiger partial charge in [0, 0.05) is 6.54 Å². The summed E-state index contributed by atoms with van der Waals surface area (Å²) in [5, 5.41) is 20.1. The normalized spacial score (nSPS) is 11.7. The van der Waals surface area contributed by atoms with E-state index in [0.717, 1.165) is 16.9 Å². The van der Waals surface area contributed by atoms with E-state index in [1.807, 2.05) is 0 Å². The Labute approximate surface area is 154 Å². The molecule has 7 nitrogen and oxygen atoms in total. The summed E-state index contributed by atoms with van der Waals surface area (Å²) in [5.41, 5.74) is 0.768. The van der Waals surface area contributed by atoms with E-state index in [4.69, 9.17) is 5.11 Å². The summed E-state index contributed by atoms with van der Waals surface area (Å²) in [5.74, 6) is -1.64. The highest BCUT2D eigenvalue weighted by Gasteiger charge is 2.19. The molecule has 2 aromatic rings. The average molecular weight is 389 g/mol. The molecular weight excluding hydrogens is 371 g/mol. The van der Waals surface area contributed by atoms with Crippen molar-refractivity contribution in [3.8, 4) is 0 Å². The molecule has 1 aromatic carbocycles. The first-order valence-corrected chi connectivity index (χ1v) is 7.96. The lowest BCUT2D eigenvalue weighted by Crippen LogP contribution is -2.35. The van der Waals surface area contributed by atoms with E-state index in [1.165, 1.54) is 12.1 Å². The lowest BCUT2D eigenvalue weighted by atomic mass is 10.2. The maximum atomic E-state index is 12.8. The Morgan fingerprint density at radius 2 is 1.96 bits per heavy atom. The van der Waals surface area contributed by atoms with Gasteiger partial charge in [0.05, 0.1) is 6.54 Å². The maximum absolute atomic E-state index is 12.8. The molecule has 136 valence electrons. The fraction of sp³-hybridized carbons (Fsp3) is 0.333. The van der Waals surface area contributed by atoms with Crippen LogP contribution in [0.25, 0.3) is 0 Å². The minimum atomic E-state index is -0.931. The molecule has 1 atom stereocenters. The van der Waals surface area contributed by atoms with Crippen LogP contribution in [0.2, 0.25) is 0 Å². The summed E-state index contributed by atoms with van der Waals surface area (Å²) in [7, 11) is 1.66. The Bertz CT molecular complexity index is 726. The van der Waals surface area contributed by atoms with Crippen molar-refractivity contribution in [3.05, 3.63) is 45.7 Å². The fourth-order valence-corrected chi connectivity index (χ4v) is 2.63. The fourth-order valence-electron chi connectivity index (χ4n) is 1.81. The summed E-state index contributed by atoms with van der Waals surface area (Å²) in [6, 6.07) is 5.16. The van der Waals surface area contributed by atoms with E-state index in [0.29, 0.717) is 5.01 Å². The predicted octanol–water partition coefficient (Wildman–Crippen LogP) is 1.93. The maximum Gasteiger partial charge on any atom is 0.320 e. The number of hydrogen-bond donors (Lipinski definition) is 2. The van der Waals surface area contributed by atoms with Crippen molar-refractivity contribution in [3.63, 3.8) is 0 Å². The van der Waals surface area contributed by atoms with Crippen LogP contribution in [0.1, 0.15) is 27.3 Å². The van der Waals surface area contributed by atoms with Gasteiger partial charge in [0.1, 0.15) is 16.9 Å². The highest BCUT2D eigenvalue weighted by atomic mass is 35.5. The Kier molecular flexibility index (Phi) is 7.88. The van der Waals surface area contributed by atoms with E-state index in [9.17, 15) is 14.0 Å². The molecule has 0 bridgehead atoms. The number of aromatic nitrogens is 2. The Hall–Kier alpha value is -2.10. The number of carbonyl (C=O) groups excluding carboxylic acids is 1. The van der Waals surface area contributed by atoms with Crippen molar-refractivity contribution in [2.24, 2.45) is 0 Å². The number of amides is 1. The molecule has 0 aliphatic rings. The van der Waals surface area contributed by atoms with Crippen LogP contribution in [-0.2, 0) is 17.9 Å². The standard InChI is InChI=1S/C15H17FN4O3S.ClH/c1-9(15(22)23)20(2)8-12-18-19-14(24-12)13(21)17-7-10-3-5-11(16)6-4-10;/h3-6,9H,7-8H2,1-2H3,(H,17,21)(H,22,23);1H. The molecule has 0 aliphatic heterocycles. The number of carbonyl (C=O) groups is 2. The lowest BCUT2D eigenvalue weighted by Gasteiger charge is -2.18. The Balaban J connectivity index is 0.00000312. The lowest BCUT2D eigenvalue weighted by molar-refractivity contribution is -0.142. The molecule has 10 heteroatoms. The van der Waals surface area contributed by atoms with Crippen molar-refractivity contribution in [2.45, 2.75) is 26.1 Å². The monoisotopic (exact) mass is 388 g/mol. The molecule has 2 rings (SSSR count). The minimum Gasteiger partial charge on any atom is -0.480 e. The third-order valence-corrected chi connectivity index (χ3v) is 4.34. The van der Waals surface area contributed by atoms with Crippen LogP contribution >= 0.6 is 23.7 Å². The molecule has 0 spiro atoms. The molecular formula is C15H18ClFN4O3S. The van der Waals surface area contributed by atoms with E-state index >= 15 is 0 Å². The second-order valence-electron chi connectivity index (χ2n) is 5.24. The first kappa shape index (κ1) is 20.9. The molecule has 0 saturated carbocycles. The van der Waals surface area contributed by atoms with Crippen LogP contribution in [0.5, 0.6) is 0 Å². The van der Waals surface area contributed by atoms with E-state index in [1.54, 1.807) is 31.0 Å². The number of hydrogen-bond acceptors (Lipinski definition) is 6. The minimum absolute atomic E-state index is 0. The zero-order chi connectivity index (χ0) is 17.7. The summed E-state index contributed by atoms with van der Waals surface area (Å²) >= 11 is 1.11. The van der Waals surface area contributed by atoms with Gasteiger partial charge in [-0.1, -0.05) is 23.5 Å². The van der Waals surface area contributed by atoms with Gasteiger partial charge in [0.25, 0.3) is 5.91 Å². The average Bonchev–Trinajstić information content (AvgIpc) is 3.01. The Morgan fingerprint density at radius 1 is 1.32 bits per heavy atom. The zero-order valence-electron chi connectivity index (χ0n) is 13.6. The topological polar surface area (TPSA) is 95.4 Å². The van der Waals surface area contributed by atoms with Gasteiger partial charge in [-0.3, -0.25) is 14.5 Å². The van der Waals surface area contributed by atoms with E-state index in [2.05, 4.69) is 15.5 Å². The Morgan fingerprint density at radius 3 is 2.56 bits per heavy atom. The molecule has 1 unspecified atom stereocenters. The summed E-state index contributed by atoms with van der Waals surface area (Å²) < 4.78 is 12.8. The van der Waals surface area contributed by atoms with E-state index in [-0.39, 0.29) is 42.2 Å². The first-order valence-electron chi connectivity index (χ1n) is 7.15. The van der Waals surface area contributed by atoms with Gasteiger partial charge in [-0.05, 0) is 31.7 Å². The van der Waals surface area contributed by atoms with Gasteiger partial charge >= 0.3 is 5.97 Å². The van der Waals surface area contributed by atoms with Crippen LogP contribution in [0, 0.1) is 5.82 Å². The number of aliphatic carboxylic acids is 1. The van der Waals surface area contributed by atoms with Crippen molar-refractivity contribution in [1.29, 1.82) is 0 Å². The number of carboxylic acid groups (broad SMARTS) is 1. The van der Waals surface area contributed by atoms with Crippen LogP contribution in [0.4, 0.5) is 4.39 Å². The number of nitrogens with one attached hydrogen (secondary N) is 1. The van der Waals surface area contributed by atoms with Gasteiger partial charge < -0.3 is 10.4 Å². The first-order chi connectivity index (χ1) is 11.4. The van der Waals surface area contributed by atoms with Gasteiger partial charge in [0.2, 0.25) is 5.01 Å². The van der Waals surface area contributed by atoms with Crippen molar-refractivity contribution in [1.82, 2.24) is 20.4 Å². The zero-order valence-corrected chi connectivity index (χ0v) is 15.2. The highest BCUT2D eigenvalue weighted by molar-refractivity contribution is 7.13. The molecule has 25 heavy (non-hydrogen) atoms. The molecule has 0 fully saturated rings. The summed E-state index contributed by atoms with van der Waals surface area (Å²) in [4.78, 5) is 24.6. The molecule has 1 amide bonds. The van der Waals surface area contributed by atoms with Gasteiger partial charge in [0.15, 0.2) is 0 Å². The largest absolute Gasteiger partial charge is 0.480 e. The van der Waals surface area contributed by atoms with Gasteiger partial charge in [-0.2, -0.15) is 0 Å². The number of rotatable bonds is 7. The van der Waals surface area contributed by atoms with Gasteiger partial charge in [-0.15, -0.1) is 22.6 Å². The molecule has 0 saturated heterocycles. The predicted molar refractivity (Wildman–Crippen MR) is 93.3 cm³/mol. The van der Waals surface area contributed by atoms with Gasteiger partial charge in [-0.25, -0.2) is 4.39 Å². The number of nitrogens with zero attached hydrogens (tertiary/aromatic N) is 3. The molecule has 0 aliphatic carbocycles. The van der Waals surface area contributed by atoms with Crippen molar-refractivity contribution < 1.29 is 19.1 Å². The molecule has 1 heterocycles. The highest BCUT2D eigenvalue weighted by Crippen LogP contribution is 2.13. The smallest absolute Gasteiger partial charge is 0.320 e. The quantitative estimate of drug-likeness (QED) is 0.752. The van der Waals surface area contributed by atoms with E-state index < -0.39 is 12.0 Å². The second kappa shape index (κ2) is 9.40. The van der Waals surface area contributed by atoms with Crippen LogP contribution < -0.4 is 5.32 Å². The molecule has 0 radical (unpaired) electrons. The van der Waals surface area contributed by atoms with Crippen LogP contribution in [-0.4, -0.2) is 45.2 Å². The van der Waals surface area contributed by atoms with Crippen LogP contribution in [0.3, 0.4) is 0 Å². The number of carboxylic acids is 1. The number of benzene rings is 1. The van der Waals surface area contributed by atoms with Crippen LogP contribution in [0.15, 0.2) is 24.3 Å². The number of likely N-dealkylation sites (N-methyl/N-ethyl adjacent to an activating group) is 1. The third-order valence-electron chi connectivity index (χ3n) is 3.43.